The van der Waals surface area contributed by atoms with E-state index in [-0.39, 0.29) is 0 Å². The number of hydrogen-bond acceptors (Lipinski definition) is 2. The van der Waals surface area contributed by atoms with E-state index in [0.29, 0.717) is 17.4 Å². The molecule has 0 aliphatic carbocycles. The van der Waals surface area contributed by atoms with Gasteiger partial charge in [0, 0.05) is 29.7 Å². The summed E-state index contributed by atoms with van der Waals surface area (Å²) in [5.74, 6) is 0.302. The molecule has 0 atom stereocenters. The second kappa shape index (κ2) is 7.99. The lowest BCUT2D eigenvalue weighted by atomic mass is 10.1. The average Bonchev–Trinajstić information content (AvgIpc) is 2.63. The van der Waals surface area contributed by atoms with Gasteiger partial charge in [0.1, 0.15) is 5.75 Å². The summed E-state index contributed by atoms with van der Waals surface area (Å²) in [5.41, 5.74) is 1.87. The topological polar surface area (TPSA) is 35.5 Å². The van der Waals surface area contributed by atoms with Crippen LogP contribution < -0.4 is 5.32 Å². The van der Waals surface area contributed by atoms with E-state index in [2.05, 4.69) is 35.3 Å². The zero-order chi connectivity index (χ0) is 17.6. The van der Waals surface area contributed by atoms with E-state index in [9.17, 15) is 5.11 Å². The van der Waals surface area contributed by atoms with Gasteiger partial charge in [-0.15, -0.1) is 0 Å². The Morgan fingerprint density at radius 1 is 1.00 bits per heavy atom. The number of nitrogens with zero attached hydrogens (tertiary/aromatic N) is 1. The zero-order valence-electron chi connectivity index (χ0n) is 14.3. The van der Waals surface area contributed by atoms with Crippen molar-refractivity contribution in [3.8, 4) is 5.75 Å². The lowest BCUT2D eigenvalue weighted by Gasteiger charge is -2.26. The Balaban J connectivity index is 1.82. The van der Waals surface area contributed by atoms with Gasteiger partial charge in [-0.25, -0.2) is 0 Å². The molecule has 0 saturated heterocycles. The minimum Gasteiger partial charge on any atom is -0.508 e. The highest BCUT2D eigenvalue weighted by molar-refractivity contribution is 7.80. The van der Waals surface area contributed by atoms with Crippen LogP contribution in [0.4, 0.5) is 5.69 Å². The number of para-hydroxylation sites is 1. The summed E-state index contributed by atoms with van der Waals surface area (Å²) in [5, 5.41) is 16.4. The summed E-state index contributed by atoms with van der Waals surface area (Å²) in [7, 11) is 0. The first-order valence-electron chi connectivity index (χ1n) is 8.49. The van der Waals surface area contributed by atoms with Crippen LogP contribution in [0.1, 0.15) is 18.9 Å². The number of hydrogen-bond donors (Lipinski definition) is 2. The number of thiocarbonyl (C=S) groups is 1. The molecular weight excluding hydrogens is 328 g/mol. The lowest BCUT2D eigenvalue weighted by molar-refractivity contribution is 0.399. The van der Waals surface area contributed by atoms with E-state index in [1.165, 1.54) is 5.39 Å². The predicted molar refractivity (Wildman–Crippen MR) is 109 cm³/mol. The molecule has 128 valence electrons. The molecule has 3 aromatic carbocycles. The maximum Gasteiger partial charge on any atom is 0.173 e. The maximum atomic E-state index is 10.1. The number of rotatable bonds is 5. The Bertz CT molecular complexity index is 873. The number of phenols is 1. The molecule has 3 nitrogen and oxygen atoms in total. The maximum absolute atomic E-state index is 10.1. The van der Waals surface area contributed by atoms with Crippen LogP contribution in [0, 0.1) is 0 Å². The van der Waals surface area contributed by atoms with Gasteiger partial charge in [0.25, 0.3) is 0 Å². The van der Waals surface area contributed by atoms with Crippen molar-refractivity contribution < 1.29 is 5.11 Å². The Kier molecular flexibility index (Phi) is 5.51. The molecule has 0 heterocycles. The van der Waals surface area contributed by atoms with Crippen LogP contribution in [0.5, 0.6) is 5.75 Å². The van der Waals surface area contributed by atoms with Crippen molar-refractivity contribution in [1.29, 1.82) is 0 Å². The first-order chi connectivity index (χ1) is 12.2. The molecule has 4 heteroatoms. The predicted octanol–water partition coefficient (Wildman–Crippen LogP) is 5.15. The Hall–Kier alpha value is -2.59. The van der Waals surface area contributed by atoms with Gasteiger partial charge in [0.15, 0.2) is 5.11 Å². The molecule has 0 saturated carbocycles. The van der Waals surface area contributed by atoms with E-state index in [4.69, 9.17) is 12.2 Å². The highest BCUT2D eigenvalue weighted by atomic mass is 32.1. The van der Waals surface area contributed by atoms with Gasteiger partial charge in [0.05, 0.1) is 0 Å². The molecule has 0 amide bonds. The van der Waals surface area contributed by atoms with Crippen LogP contribution in [0.3, 0.4) is 0 Å². The van der Waals surface area contributed by atoms with Crippen molar-refractivity contribution in [1.82, 2.24) is 4.90 Å². The molecule has 0 fully saturated rings. The van der Waals surface area contributed by atoms with E-state index < -0.39 is 0 Å². The SMILES string of the molecule is CCCN(Cc1ccccc1O)C(=S)Nc1cccc2ccccc12. The van der Waals surface area contributed by atoms with Gasteiger partial charge in [-0.05, 0) is 36.2 Å². The molecule has 0 radical (unpaired) electrons. The van der Waals surface area contributed by atoms with Crippen LogP contribution in [-0.4, -0.2) is 21.7 Å². The molecule has 25 heavy (non-hydrogen) atoms. The fraction of sp³-hybridized carbons (Fsp3) is 0.190. The first kappa shape index (κ1) is 17.2. The number of nitrogens with one attached hydrogen (secondary N) is 1. The number of aromatic hydroxyl groups is 1. The van der Waals surface area contributed by atoms with E-state index >= 15 is 0 Å². The molecule has 0 aliphatic rings. The Labute approximate surface area is 153 Å². The van der Waals surface area contributed by atoms with Gasteiger partial charge >= 0.3 is 0 Å². The normalized spacial score (nSPS) is 10.6. The Morgan fingerprint density at radius 2 is 1.72 bits per heavy atom. The lowest BCUT2D eigenvalue weighted by Crippen LogP contribution is -2.34. The Morgan fingerprint density at radius 3 is 2.52 bits per heavy atom. The standard InChI is InChI=1S/C21H22N2OS/c1-2-14-23(15-17-9-4-6-13-20(17)24)21(25)22-19-12-7-10-16-8-3-5-11-18(16)19/h3-13,24H,2,14-15H2,1H3,(H,22,25). The third-order valence-corrected chi connectivity index (χ3v) is 4.53. The van der Waals surface area contributed by atoms with Crippen molar-refractivity contribution in [2.45, 2.75) is 19.9 Å². The van der Waals surface area contributed by atoms with Crippen molar-refractivity contribution >= 4 is 33.8 Å². The van der Waals surface area contributed by atoms with Crippen molar-refractivity contribution in [2.75, 3.05) is 11.9 Å². The number of phenolic OH excluding ortho intramolecular Hbond substituents is 1. The summed E-state index contributed by atoms with van der Waals surface area (Å²) < 4.78 is 0. The van der Waals surface area contributed by atoms with Crippen LogP contribution in [0.25, 0.3) is 10.8 Å². The molecule has 3 aromatic rings. The molecule has 2 N–H and O–H groups in total. The van der Waals surface area contributed by atoms with Gasteiger partial charge < -0.3 is 15.3 Å². The summed E-state index contributed by atoms with van der Waals surface area (Å²) in [6.07, 6.45) is 0.977. The molecule has 0 bridgehead atoms. The van der Waals surface area contributed by atoms with Crippen LogP contribution in [0.15, 0.2) is 66.7 Å². The summed E-state index contributed by atoms with van der Waals surface area (Å²) >= 11 is 5.66. The molecule has 3 rings (SSSR count). The zero-order valence-corrected chi connectivity index (χ0v) is 15.1. The van der Waals surface area contributed by atoms with Gasteiger partial charge in [0.2, 0.25) is 0 Å². The molecule has 0 unspecified atom stereocenters. The number of anilines is 1. The quantitative estimate of drug-likeness (QED) is 0.624. The fourth-order valence-corrected chi connectivity index (χ4v) is 3.17. The highest BCUT2D eigenvalue weighted by Crippen LogP contribution is 2.24. The first-order valence-corrected chi connectivity index (χ1v) is 8.90. The summed E-state index contributed by atoms with van der Waals surface area (Å²) in [6.45, 7) is 3.53. The number of benzene rings is 3. The van der Waals surface area contributed by atoms with E-state index in [1.807, 2.05) is 42.5 Å². The van der Waals surface area contributed by atoms with E-state index in [0.717, 1.165) is 29.6 Å². The second-order valence-electron chi connectivity index (χ2n) is 6.01. The van der Waals surface area contributed by atoms with E-state index in [1.54, 1.807) is 6.07 Å². The number of fused-ring (bicyclic) bond motifs is 1. The molecular formula is C21H22N2OS. The summed E-state index contributed by atoms with van der Waals surface area (Å²) in [4.78, 5) is 2.09. The molecule has 0 spiro atoms. The fourth-order valence-electron chi connectivity index (χ4n) is 2.90. The van der Waals surface area contributed by atoms with Crippen LogP contribution in [-0.2, 0) is 6.54 Å². The third-order valence-electron chi connectivity index (χ3n) is 4.16. The third kappa shape index (κ3) is 4.09. The minimum absolute atomic E-state index is 0.302. The van der Waals surface area contributed by atoms with Gasteiger partial charge in [-0.1, -0.05) is 61.5 Å². The van der Waals surface area contributed by atoms with Crippen LogP contribution >= 0.6 is 12.2 Å². The van der Waals surface area contributed by atoms with Gasteiger partial charge in [-0.3, -0.25) is 0 Å². The molecule has 0 aromatic heterocycles. The summed E-state index contributed by atoms with van der Waals surface area (Å²) in [6, 6.07) is 21.8. The smallest absolute Gasteiger partial charge is 0.173 e. The monoisotopic (exact) mass is 350 g/mol. The van der Waals surface area contributed by atoms with Crippen molar-refractivity contribution in [3.05, 3.63) is 72.3 Å². The largest absolute Gasteiger partial charge is 0.508 e. The van der Waals surface area contributed by atoms with Crippen LogP contribution in [0.2, 0.25) is 0 Å². The average molecular weight is 350 g/mol. The van der Waals surface area contributed by atoms with Crippen molar-refractivity contribution in [2.24, 2.45) is 0 Å². The second-order valence-corrected chi connectivity index (χ2v) is 6.39. The molecule has 0 aliphatic heterocycles. The van der Waals surface area contributed by atoms with Gasteiger partial charge in [-0.2, -0.15) is 0 Å². The van der Waals surface area contributed by atoms with Crippen molar-refractivity contribution in [3.63, 3.8) is 0 Å². The highest BCUT2D eigenvalue weighted by Gasteiger charge is 2.13. The minimum atomic E-state index is 0.302.